The van der Waals surface area contributed by atoms with E-state index in [0.717, 1.165) is 16.6 Å². The summed E-state index contributed by atoms with van der Waals surface area (Å²) in [6, 6.07) is 15.1. The molecule has 2 aromatic carbocycles. The number of hydrogen-bond donors (Lipinski definition) is 2. The zero-order valence-electron chi connectivity index (χ0n) is 11.6. The third-order valence-corrected chi connectivity index (χ3v) is 3.04. The number of carbonyl (C=O) groups excluding carboxylic acids is 1. The lowest BCUT2D eigenvalue weighted by Gasteiger charge is -2.05. The molecule has 5 heteroatoms. The Hall–Kier alpha value is -2.82. The standard InChI is InChI=1S/C16H15N3O2/c1-11-6-8-12(9-7-11)21-10-15(20)19-16-17-13-4-2-3-5-14(13)18-16/h2-9H,10H2,1H3,(H2,17,18,19,20). The SMILES string of the molecule is Cc1ccc(OCC(=O)Nc2nc3ccccc3[nH]2)cc1. The molecule has 1 aromatic heterocycles. The summed E-state index contributed by atoms with van der Waals surface area (Å²) in [5, 5.41) is 2.68. The highest BCUT2D eigenvalue weighted by Gasteiger charge is 2.07. The van der Waals surface area contributed by atoms with E-state index in [4.69, 9.17) is 4.74 Å². The number of hydrogen-bond acceptors (Lipinski definition) is 3. The van der Waals surface area contributed by atoms with Gasteiger partial charge in [-0.3, -0.25) is 10.1 Å². The normalized spacial score (nSPS) is 10.5. The first-order valence-corrected chi connectivity index (χ1v) is 6.65. The molecule has 0 spiro atoms. The molecule has 21 heavy (non-hydrogen) atoms. The summed E-state index contributed by atoms with van der Waals surface area (Å²) in [4.78, 5) is 19.1. The molecular formula is C16H15N3O2. The van der Waals surface area contributed by atoms with Crippen molar-refractivity contribution in [3.8, 4) is 5.75 Å². The van der Waals surface area contributed by atoms with E-state index in [0.29, 0.717) is 11.7 Å². The minimum Gasteiger partial charge on any atom is -0.484 e. The Bertz CT molecular complexity index is 730. The number of aromatic nitrogens is 2. The summed E-state index contributed by atoms with van der Waals surface area (Å²) in [7, 11) is 0. The van der Waals surface area contributed by atoms with Gasteiger partial charge in [0.25, 0.3) is 5.91 Å². The lowest BCUT2D eigenvalue weighted by Crippen LogP contribution is -2.20. The number of amides is 1. The lowest BCUT2D eigenvalue weighted by molar-refractivity contribution is -0.118. The summed E-state index contributed by atoms with van der Waals surface area (Å²) in [5.41, 5.74) is 2.84. The van der Waals surface area contributed by atoms with Gasteiger partial charge in [0.15, 0.2) is 6.61 Å². The van der Waals surface area contributed by atoms with E-state index in [1.807, 2.05) is 55.5 Å². The first-order valence-electron chi connectivity index (χ1n) is 6.65. The average Bonchev–Trinajstić information content (AvgIpc) is 2.88. The number of H-pyrrole nitrogens is 1. The molecule has 0 aliphatic heterocycles. The second kappa shape index (κ2) is 5.66. The molecule has 0 atom stereocenters. The number of aryl methyl sites for hydroxylation is 1. The smallest absolute Gasteiger partial charge is 0.264 e. The van der Waals surface area contributed by atoms with E-state index in [1.165, 1.54) is 0 Å². The number of nitrogens with zero attached hydrogens (tertiary/aromatic N) is 1. The van der Waals surface area contributed by atoms with Crippen LogP contribution >= 0.6 is 0 Å². The van der Waals surface area contributed by atoms with Crippen molar-refractivity contribution < 1.29 is 9.53 Å². The van der Waals surface area contributed by atoms with Crippen LogP contribution in [0.2, 0.25) is 0 Å². The van der Waals surface area contributed by atoms with Crippen molar-refractivity contribution >= 4 is 22.9 Å². The fourth-order valence-electron chi connectivity index (χ4n) is 1.96. The quantitative estimate of drug-likeness (QED) is 0.772. The third kappa shape index (κ3) is 3.20. The Morgan fingerprint density at radius 2 is 1.95 bits per heavy atom. The summed E-state index contributed by atoms with van der Waals surface area (Å²) in [6.45, 7) is 1.94. The van der Waals surface area contributed by atoms with Crippen LogP contribution in [0.25, 0.3) is 11.0 Å². The maximum atomic E-state index is 11.8. The maximum absolute atomic E-state index is 11.8. The molecule has 0 unspecified atom stereocenters. The molecule has 106 valence electrons. The number of aromatic amines is 1. The Kier molecular flexibility index (Phi) is 3.55. The third-order valence-electron chi connectivity index (χ3n) is 3.04. The molecular weight excluding hydrogens is 266 g/mol. The predicted molar refractivity (Wildman–Crippen MR) is 81.4 cm³/mol. The molecule has 0 saturated heterocycles. The van der Waals surface area contributed by atoms with Gasteiger partial charge in [-0.05, 0) is 31.2 Å². The van der Waals surface area contributed by atoms with E-state index in [-0.39, 0.29) is 12.5 Å². The second-order valence-corrected chi connectivity index (χ2v) is 4.75. The number of imidazole rings is 1. The first-order chi connectivity index (χ1) is 10.2. The van der Waals surface area contributed by atoms with Gasteiger partial charge >= 0.3 is 0 Å². The fourth-order valence-corrected chi connectivity index (χ4v) is 1.96. The summed E-state index contributed by atoms with van der Waals surface area (Å²) in [6.07, 6.45) is 0. The molecule has 0 aliphatic carbocycles. The first kappa shape index (κ1) is 13.2. The number of fused-ring (bicyclic) bond motifs is 1. The van der Waals surface area contributed by atoms with Crippen molar-refractivity contribution in [2.24, 2.45) is 0 Å². The van der Waals surface area contributed by atoms with Crippen LogP contribution in [0.15, 0.2) is 48.5 Å². The highest BCUT2D eigenvalue weighted by atomic mass is 16.5. The van der Waals surface area contributed by atoms with E-state index < -0.39 is 0 Å². The molecule has 0 fully saturated rings. The van der Waals surface area contributed by atoms with Crippen LogP contribution in [-0.4, -0.2) is 22.5 Å². The molecule has 2 N–H and O–H groups in total. The Balaban J connectivity index is 1.59. The number of ether oxygens (including phenoxy) is 1. The van der Waals surface area contributed by atoms with E-state index >= 15 is 0 Å². The van der Waals surface area contributed by atoms with Crippen molar-refractivity contribution in [1.82, 2.24) is 9.97 Å². The van der Waals surface area contributed by atoms with E-state index in [9.17, 15) is 4.79 Å². The van der Waals surface area contributed by atoms with Crippen molar-refractivity contribution in [2.75, 3.05) is 11.9 Å². The molecule has 0 saturated carbocycles. The van der Waals surface area contributed by atoms with Gasteiger partial charge in [-0.15, -0.1) is 0 Å². The highest BCUT2D eigenvalue weighted by Crippen LogP contribution is 2.14. The zero-order chi connectivity index (χ0) is 14.7. The van der Waals surface area contributed by atoms with Gasteiger partial charge in [0, 0.05) is 0 Å². The van der Waals surface area contributed by atoms with Crippen LogP contribution in [0.3, 0.4) is 0 Å². The number of carbonyl (C=O) groups is 1. The molecule has 0 radical (unpaired) electrons. The van der Waals surface area contributed by atoms with Crippen molar-refractivity contribution in [3.05, 3.63) is 54.1 Å². The minimum atomic E-state index is -0.255. The average molecular weight is 281 g/mol. The Labute approximate surface area is 122 Å². The number of anilines is 1. The maximum Gasteiger partial charge on any atom is 0.264 e. The van der Waals surface area contributed by atoms with Crippen LogP contribution in [0.5, 0.6) is 5.75 Å². The van der Waals surface area contributed by atoms with E-state index in [2.05, 4.69) is 15.3 Å². The van der Waals surface area contributed by atoms with Gasteiger partial charge in [-0.2, -0.15) is 0 Å². The number of benzene rings is 2. The van der Waals surface area contributed by atoms with Gasteiger partial charge < -0.3 is 9.72 Å². The number of rotatable bonds is 4. The van der Waals surface area contributed by atoms with Gasteiger partial charge in [0.05, 0.1) is 11.0 Å². The van der Waals surface area contributed by atoms with Crippen LogP contribution < -0.4 is 10.1 Å². The van der Waals surface area contributed by atoms with Gasteiger partial charge in [-0.25, -0.2) is 4.98 Å². The van der Waals surface area contributed by atoms with Crippen LogP contribution in [-0.2, 0) is 4.79 Å². The summed E-state index contributed by atoms with van der Waals surface area (Å²) < 4.78 is 5.42. The molecule has 0 bridgehead atoms. The number of nitrogens with one attached hydrogen (secondary N) is 2. The summed E-state index contributed by atoms with van der Waals surface area (Å²) >= 11 is 0. The monoisotopic (exact) mass is 281 g/mol. The van der Waals surface area contributed by atoms with Crippen molar-refractivity contribution in [1.29, 1.82) is 0 Å². The highest BCUT2D eigenvalue weighted by molar-refractivity contribution is 5.92. The lowest BCUT2D eigenvalue weighted by atomic mass is 10.2. The fraction of sp³-hybridized carbons (Fsp3) is 0.125. The van der Waals surface area contributed by atoms with Crippen LogP contribution in [0.1, 0.15) is 5.56 Å². The molecule has 1 amide bonds. The molecule has 0 aliphatic rings. The molecule has 3 rings (SSSR count). The Morgan fingerprint density at radius 3 is 2.71 bits per heavy atom. The van der Waals surface area contributed by atoms with Gasteiger partial charge in [0.1, 0.15) is 5.75 Å². The van der Waals surface area contributed by atoms with Crippen LogP contribution in [0.4, 0.5) is 5.95 Å². The topological polar surface area (TPSA) is 67.0 Å². The van der Waals surface area contributed by atoms with Gasteiger partial charge in [0.2, 0.25) is 5.95 Å². The second-order valence-electron chi connectivity index (χ2n) is 4.75. The van der Waals surface area contributed by atoms with E-state index in [1.54, 1.807) is 0 Å². The largest absolute Gasteiger partial charge is 0.484 e. The minimum absolute atomic E-state index is 0.0555. The number of para-hydroxylation sites is 2. The molecule has 5 nitrogen and oxygen atoms in total. The van der Waals surface area contributed by atoms with Crippen molar-refractivity contribution in [3.63, 3.8) is 0 Å². The van der Waals surface area contributed by atoms with Crippen molar-refractivity contribution in [2.45, 2.75) is 6.92 Å². The predicted octanol–water partition coefficient (Wildman–Crippen LogP) is 2.89. The van der Waals surface area contributed by atoms with Crippen LogP contribution in [0, 0.1) is 6.92 Å². The summed E-state index contributed by atoms with van der Waals surface area (Å²) in [5.74, 6) is 0.837. The molecule has 3 aromatic rings. The molecule has 1 heterocycles. The Morgan fingerprint density at radius 1 is 1.19 bits per heavy atom. The van der Waals surface area contributed by atoms with Gasteiger partial charge in [-0.1, -0.05) is 29.8 Å². The zero-order valence-corrected chi connectivity index (χ0v) is 11.6.